The first-order chi connectivity index (χ1) is 11.3. The van der Waals surface area contributed by atoms with Gasteiger partial charge < -0.3 is 10.2 Å². The van der Waals surface area contributed by atoms with E-state index in [2.05, 4.69) is 79.6 Å². The molecule has 0 saturated carbocycles. The summed E-state index contributed by atoms with van der Waals surface area (Å²) < 4.78 is 1.14. The van der Waals surface area contributed by atoms with Crippen LogP contribution in [0.15, 0.2) is 53.0 Å². The van der Waals surface area contributed by atoms with Gasteiger partial charge in [-0.2, -0.15) is 0 Å². The first-order valence-electron chi connectivity index (χ1n) is 8.32. The second-order valence-corrected chi connectivity index (χ2v) is 7.39. The average Bonchev–Trinajstić information content (AvgIpc) is 2.73. The molecule has 0 spiro atoms. The van der Waals surface area contributed by atoms with Crippen LogP contribution in [0.1, 0.15) is 11.1 Å². The Hall–Kier alpha value is -1.36. The minimum atomic E-state index is 0.558. The molecule has 2 aliphatic rings. The third-order valence-corrected chi connectivity index (χ3v) is 5.36. The molecule has 1 fully saturated rings. The van der Waals surface area contributed by atoms with Crippen LogP contribution in [-0.2, 0) is 13.1 Å². The summed E-state index contributed by atoms with van der Waals surface area (Å²) in [7, 11) is 0. The molecular weight excluding hydrogens is 350 g/mol. The normalized spacial score (nSPS) is 21.4. The SMILES string of the molecule is Brc1ccc(CN2Cc3ccccc3N3CCNCC3C2)cc1. The lowest BCUT2D eigenvalue weighted by atomic mass is 10.1. The lowest BCUT2D eigenvalue weighted by Crippen LogP contribution is -2.54. The van der Waals surface area contributed by atoms with Gasteiger partial charge in [0.2, 0.25) is 0 Å². The summed E-state index contributed by atoms with van der Waals surface area (Å²) in [5.41, 5.74) is 4.26. The molecule has 2 aliphatic heterocycles. The van der Waals surface area contributed by atoms with Gasteiger partial charge in [-0.3, -0.25) is 4.90 Å². The zero-order chi connectivity index (χ0) is 15.6. The van der Waals surface area contributed by atoms with Crippen LogP contribution in [-0.4, -0.2) is 37.1 Å². The number of nitrogens with one attached hydrogen (secondary N) is 1. The Bertz CT molecular complexity index is 671. The van der Waals surface area contributed by atoms with Gasteiger partial charge >= 0.3 is 0 Å². The van der Waals surface area contributed by atoms with Gasteiger partial charge in [0.25, 0.3) is 0 Å². The second kappa shape index (κ2) is 6.63. The topological polar surface area (TPSA) is 18.5 Å². The standard InChI is InChI=1S/C19H22BrN3/c20-17-7-5-15(6-8-17)12-22-13-16-3-1-2-4-19(16)23-10-9-21-11-18(23)14-22/h1-8,18,21H,9-14H2. The Balaban J connectivity index is 1.61. The van der Waals surface area contributed by atoms with Crippen molar-refractivity contribution in [1.82, 2.24) is 10.2 Å². The summed E-state index contributed by atoms with van der Waals surface area (Å²) in [4.78, 5) is 5.19. The van der Waals surface area contributed by atoms with Crippen LogP contribution in [0.2, 0.25) is 0 Å². The third kappa shape index (κ3) is 3.30. The van der Waals surface area contributed by atoms with Gasteiger partial charge in [0.1, 0.15) is 0 Å². The molecule has 2 aromatic carbocycles. The maximum Gasteiger partial charge on any atom is 0.0542 e. The Labute approximate surface area is 146 Å². The molecule has 2 aromatic rings. The Morgan fingerprint density at radius 1 is 1.09 bits per heavy atom. The van der Waals surface area contributed by atoms with Crippen LogP contribution in [0.3, 0.4) is 0 Å². The van der Waals surface area contributed by atoms with Crippen LogP contribution >= 0.6 is 15.9 Å². The van der Waals surface area contributed by atoms with Gasteiger partial charge in [-0.25, -0.2) is 0 Å². The molecule has 1 unspecified atom stereocenters. The molecule has 3 nitrogen and oxygen atoms in total. The second-order valence-electron chi connectivity index (χ2n) is 6.48. The molecule has 120 valence electrons. The number of anilines is 1. The Kier molecular flexibility index (Phi) is 4.38. The zero-order valence-electron chi connectivity index (χ0n) is 13.2. The van der Waals surface area contributed by atoms with E-state index in [4.69, 9.17) is 0 Å². The molecule has 1 saturated heterocycles. The van der Waals surface area contributed by atoms with E-state index < -0.39 is 0 Å². The van der Waals surface area contributed by atoms with Crippen LogP contribution in [0.25, 0.3) is 0 Å². The van der Waals surface area contributed by atoms with Crippen molar-refractivity contribution in [2.24, 2.45) is 0 Å². The fourth-order valence-corrected chi connectivity index (χ4v) is 4.00. The van der Waals surface area contributed by atoms with Crippen molar-refractivity contribution in [2.75, 3.05) is 31.1 Å². The summed E-state index contributed by atoms with van der Waals surface area (Å²) in [5.74, 6) is 0. The number of halogens is 1. The molecule has 0 aliphatic carbocycles. The Morgan fingerprint density at radius 2 is 1.91 bits per heavy atom. The number of rotatable bonds is 2. The fraction of sp³-hybridized carbons (Fsp3) is 0.368. The first kappa shape index (κ1) is 15.2. The van der Waals surface area contributed by atoms with Crippen molar-refractivity contribution in [3.8, 4) is 0 Å². The van der Waals surface area contributed by atoms with Gasteiger partial charge in [0, 0.05) is 49.4 Å². The highest BCUT2D eigenvalue weighted by Gasteiger charge is 2.29. The molecule has 4 rings (SSSR count). The highest BCUT2D eigenvalue weighted by Crippen LogP contribution is 2.29. The number of nitrogens with zero attached hydrogens (tertiary/aromatic N) is 2. The van der Waals surface area contributed by atoms with Crippen molar-refractivity contribution in [1.29, 1.82) is 0 Å². The van der Waals surface area contributed by atoms with E-state index in [0.717, 1.165) is 43.7 Å². The molecule has 1 atom stereocenters. The highest BCUT2D eigenvalue weighted by atomic mass is 79.9. The minimum absolute atomic E-state index is 0.558. The number of piperazine rings is 1. The van der Waals surface area contributed by atoms with Crippen LogP contribution in [0.5, 0.6) is 0 Å². The number of hydrogen-bond donors (Lipinski definition) is 1. The van der Waals surface area contributed by atoms with E-state index in [0.29, 0.717) is 6.04 Å². The monoisotopic (exact) mass is 371 g/mol. The predicted octanol–water partition coefficient (Wildman–Crippen LogP) is 3.24. The van der Waals surface area contributed by atoms with Gasteiger partial charge in [-0.1, -0.05) is 46.3 Å². The Morgan fingerprint density at radius 3 is 2.78 bits per heavy atom. The third-order valence-electron chi connectivity index (χ3n) is 4.83. The molecule has 0 radical (unpaired) electrons. The number of para-hydroxylation sites is 1. The predicted molar refractivity (Wildman–Crippen MR) is 98.7 cm³/mol. The van der Waals surface area contributed by atoms with Gasteiger partial charge in [-0.15, -0.1) is 0 Å². The lowest BCUT2D eigenvalue weighted by Gasteiger charge is -2.38. The summed E-state index contributed by atoms with van der Waals surface area (Å²) in [6, 6.07) is 18.2. The molecule has 1 N–H and O–H groups in total. The first-order valence-corrected chi connectivity index (χ1v) is 9.11. The van der Waals surface area contributed by atoms with Gasteiger partial charge in [0.05, 0.1) is 6.04 Å². The molecule has 2 heterocycles. The van der Waals surface area contributed by atoms with E-state index in [1.54, 1.807) is 0 Å². The maximum absolute atomic E-state index is 3.56. The van der Waals surface area contributed by atoms with Crippen molar-refractivity contribution >= 4 is 21.6 Å². The summed E-state index contributed by atoms with van der Waals surface area (Å²) in [5, 5.41) is 3.56. The van der Waals surface area contributed by atoms with E-state index in [-0.39, 0.29) is 0 Å². The van der Waals surface area contributed by atoms with Crippen LogP contribution in [0, 0.1) is 0 Å². The highest BCUT2D eigenvalue weighted by molar-refractivity contribution is 9.10. The van der Waals surface area contributed by atoms with Crippen LogP contribution in [0.4, 0.5) is 5.69 Å². The van der Waals surface area contributed by atoms with E-state index >= 15 is 0 Å². The number of fused-ring (bicyclic) bond motifs is 3. The fourth-order valence-electron chi connectivity index (χ4n) is 3.74. The molecule has 0 amide bonds. The summed E-state index contributed by atoms with van der Waals surface area (Å²) in [6.07, 6.45) is 0. The smallest absolute Gasteiger partial charge is 0.0542 e. The molecular formula is C19H22BrN3. The van der Waals surface area contributed by atoms with Crippen LogP contribution < -0.4 is 10.2 Å². The summed E-state index contributed by atoms with van der Waals surface area (Å²) in [6.45, 7) is 6.40. The van der Waals surface area contributed by atoms with Crippen molar-refractivity contribution in [2.45, 2.75) is 19.1 Å². The largest absolute Gasteiger partial charge is 0.364 e. The minimum Gasteiger partial charge on any atom is -0.364 e. The number of benzene rings is 2. The zero-order valence-corrected chi connectivity index (χ0v) is 14.8. The average molecular weight is 372 g/mol. The van der Waals surface area contributed by atoms with Crippen molar-refractivity contribution in [3.05, 3.63) is 64.1 Å². The lowest BCUT2D eigenvalue weighted by molar-refractivity contribution is 0.237. The maximum atomic E-state index is 3.56. The van der Waals surface area contributed by atoms with Crippen molar-refractivity contribution in [3.63, 3.8) is 0 Å². The number of hydrogen-bond acceptors (Lipinski definition) is 3. The summed E-state index contributed by atoms with van der Waals surface area (Å²) >= 11 is 3.52. The molecule has 23 heavy (non-hydrogen) atoms. The van der Waals surface area contributed by atoms with Crippen molar-refractivity contribution < 1.29 is 0 Å². The molecule has 0 aromatic heterocycles. The van der Waals surface area contributed by atoms with E-state index in [9.17, 15) is 0 Å². The molecule has 0 bridgehead atoms. The van der Waals surface area contributed by atoms with E-state index in [1.807, 2.05) is 0 Å². The van der Waals surface area contributed by atoms with Gasteiger partial charge in [-0.05, 0) is 29.3 Å². The molecule has 4 heteroatoms. The van der Waals surface area contributed by atoms with E-state index in [1.165, 1.54) is 16.8 Å². The van der Waals surface area contributed by atoms with Gasteiger partial charge in [0.15, 0.2) is 0 Å². The quantitative estimate of drug-likeness (QED) is 0.873.